The molecule has 0 N–H and O–H groups in total. The molecule has 0 saturated heterocycles. The monoisotopic (exact) mass is 193 g/mol. The van der Waals surface area contributed by atoms with Gasteiger partial charge in [0.15, 0.2) is 0 Å². The summed E-state index contributed by atoms with van der Waals surface area (Å²) in [4.78, 5) is 0. The Hall–Kier alpha value is -1.81. The van der Waals surface area contributed by atoms with E-state index in [-0.39, 0.29) is 0 Å². The van der Waals surface area contributed by atoms with Crippen molar-refractivity contribution in [2.24, 2.45) is 0 Å². The van der Waals surface area contributed by atoms with E-state index in [1.807, 2.05) is 0 Å². The molecule has 1 heteroatoms. The topological polar surface area (TPSA) is 23.8 Å². The van der Waals surface area contributed by atoms with Gasteiger partial charge in [-0.2, -0.15) is 5.26 Å². The van der Waals surface area contributed by atoms with Crippen LogP contribution < -0.4 is 0 Å². The molecule has 0 aliphatic heterocycles. The number of benzene rings is 2. The van der Waals surface area contributed by atoms with E-state index in [0.29, 0.717) is 12.3 Å². The largest absolute Gasteiger partial charge is 0.198 e. The van der Waals surface area contributed by atoms with Crippen molar-refractivity contribution in [2.75, 3.05) is 0 Å². The molecule has 2 aromatic rings. The summed E-state index contributed by atoms with van der Waals surface area (Å²) in [6.45, 7) is 0. The van der Waals surface area contributed by atoms with Crippen LogP contribution >= 0.6 is 0 Å². The van der Waals surface area contributed by atoms with Crippen LogP contribution in [0.3, 0.4) is 0 Å². The molecule has 72 valence electrons. The van der Waals surface area contributed by atoms with Crippen LogP contribution in [-0.2, 0) is 6.42 Å². The molecule has 2 aromatic carbocycles. The second-order valence-corrected chi connectivity index (χ2v) is 4.13. The van der Waals surface area contributed by atoms with Gasteiger partial charge in [0.05, 0.1) is 6.07 Å². The highest BCUT2D eigenvalue weighted by Crippen LogP contribution is 2.39. The first-order valence-electron chi connectivity index (χ1n) is 5.27. The third-order valence-corrected chi connectivity index (χ3v) is 3.27. The van der Waals surface area contributed by atoms with Crippen LogP contribution in [-0.4, -0.2) is 0 Å². The van der Waals surface area contributed by atoms with E-state index in [1.54, 1.807) is 0 Å². The SMILES string of the molecule is N#CCC1Cc2cccc3cccc1c23. The highest BCUT2D eigenvalue weighted by Gasteiger charge is 2.23. The highest BCUT2D eigenvalue weighted by molar-refractivity contribution is 5.91. The molecule has 1 aliphatic carbocycles. The van der Waals surface area contributed by atoms with Crippen LogP contribution in [0.15, 0.2) is 36.4 Å². The Bertz CT molecular complexity index is 558. The molecule has 1 unspecified atom stereocenters. The summed E-state index contributed by atoms with van der Waals surface area (Å²) in [5.74, 6) is 0.413. The zero-order valence-corrected chi connectivity index (χ0v) is 8.40. The average molecular weight is 193 g/mol. The van der Waals surface area contributed by atoms with Gasteiger partial charge in [-0.3, -0.25) is 0 Å². The third-order valence-electron chi connectivity index (χ3n) is 3.27. The Kier molecular flexibility index (Phi) is 1.76. The molecule has 1 nitrogen and oxygen atoms in total. The van der Waals surface area contributed by atoms with Crippen molar-refractivity contribution in [3.63, 3.8) is 0 Å². The molecular weight excluding hydrogens is 182 g/mol. The van der Waals surface area contributed by atoms with Crippen molar-refractivity contribution in [1.82, 2.24) is 0 Å². The van der Waals surface area contributed by atoms with Gasteiger partial charge in [0.2, 0.25) is 0 Å². The zero-order chi connectivity index (χ0) is 10.3. The van der Waals surface area contributed by atoms with E-state index in [2.05, 4.69) is 42.5 Å². The maximum atomic E-state index is 8.81. The first kappa shape index (κ1) is 8.49. The molecule has 0 bridgehead atoms. The van der Waals surface area contributed by atoms with Crippen molar-refractivity contribution in [2.45, 2.75) is 18.8 Å². The minimum Gasteiger partial charge on any atom is -0.198 e. The first-order chi connectivity index (χ1) is 7.40. The molecule has 0 spiro atoms. The van der Waals surface area contributed by atoms with Gasteiger partial charge < -0.3 is 0 Å². The number of hydrogen-bond acceptors (Lipinski definition) is 1. The molecule has 15 heavy (non-hydrogen) atoms. The molecule has 1 atom stereocenters. The molecule has 0 amide bonds. The minimum atomic E-state index is 0.413. The van der Waals surface area contributed by atoms with Crippen LogP contribution in [0.1, 0.15) is 23.5 Å². The zero-order valence-electron chi connectivity index (χ0n) is 8.40. The Morgan fingerprint density at radius 3 is 2.80 bits per heavy atom. The lowest BCUT2D eigenvalue weighted by Gasteiger charge is -2.05. The van der Waals surface area contributed by atoms with Gasteiger partial charge in [-0.05, 0) is 28.3 Å². The Labute approximate surface area is 89.0 Å². The summed E-state index contributed by atoms with van der Waals surface area (Å²) in [6.07, 6.45) is 1.66. The van der Waals surface area contributed by atoms with Gasteiger partial charge in [-0.1, -0.05) is 36.4 Å². The highest BCUT2D eigenvalue weighted by atomic mass is 14.3. The second-order valence-electron chi connectivity index (χ2n) is 4.13. The molecular formula is C14H11N. The molecule has 0 radical (unpaired) electrons. The van der Waals surface area contributed by atoms with E-state index in [4.69, 9.17) is 5.26 Å². The molecule has 0 heterocycles. The molecule has 0 saturated carbocycles. The summed E-state index contributed by atoms with van der Waals surface area (Å²) >= 11 is 0. The summed E-state index contributed by atoms with van der Waals surface area (Å²) in [6, 6.07) is 15.1. The summed E-state index contributed by atoms with van der Waals surface area (Å²) in [5.41, 5.74) is 2.77. The predicted octanol–water partition coefficient (Wildman–Crippen LogP) is 3.39. The molecule has 1 aliphatic rings. The van der Waals surface area contributed by atoms with Crippen molar-refractivity contribution in [1.29, 1.82) is 5.26 Å². The Morgan fingerprint density at radius 1 is 1.20 bits per heavy atom. The van der Waals surface area contributed by atoms with Gasteiger partial charge >= 0.3 is 0 Å². The second kappa shape index (κ2) is 3.10. The third kappa shape index (κ3) is 1.15. The van der Waals surface area contributed by atoms with Crippen LogP contribution in [0, 0.1) is 11.3 Å². The predicted molar refractivity (Wildman–Crippen MR) is 60.6 cm³/mol. The quantitative estimate of drug-likeness (QED) is 0.681. The lowest BCUT2D eigenvalue weighted by molar-refractivity contribution is 0.734. The van der Waals surface area contributed by atoms with Crippen molar-refractivity contribution in [3.8, 4) is 6.07 Å². The summed E-state index contributed by atoms with van der Waals surface area (Å²) in [5, 5.41) is 11.5. The van der Waals surface area contributed by atoms with Crippen molar-refractivity contribution >= 4 is 10.8 Å². The Morgan fingerprint density at radius 2 is 2.00 bits per heavy atom. The van der Waals surface area contributed by atoms with Gasteiger partial charge in [0, 0.05) is 12.3 Å². The lowest BCUT2D eigenvalue weighted by Crippen LogP contribution is -1.93. The minimum absolute atomic E-state index is 0.413. The number of nitriles is 1. The van der Waals surface area contributed by atoms with Crippen molar-refractivity contribution < 1.29 is 0 Å². The average Bonchev–Trinajstić information content (AvgIpc) is 2.61. The number of rotatable bonds is 1. The van der Waals surface area contributed by atoms with E-state index >= 15 is 0 Å². The van der Waals surface area contributed by atoms with Crippen LogP contribution in [0.5, 0.6) is 0 Å². The van der Waals surface area contributed by atoms with Gasteiger partial charge in [-0.25, -0.2) is 0 Å². The smallest absolute Gasteiger partial charge is 0.0628 e. The summed E-state index contributed by atoms with van der Waals surface area (Å²) < 4.78 is 0. The van der Waals surface area contributed by atoms with Crippen LogP contribution in [0.25, 0.3) is 10.8 Å². The molecule has 3 rings (SSSR count). The number of nitrogens with zero attached hydrogens (tertiary/aromatic N) is 1. The van der Waals surface area contributed by atoms with Crippen LogP contribution in [0.4, 0.5) is 0 Å². The van der Waals surface area contributed by atoms with Crippen molar-refractivity contribution in [3.05, 3.63) is 47.5 Å². The number of hydrogen-bond donors (Lipinski definition) is 0. The maximum absolute atomic E-state index is 8.81. The van der Waals surface area contributed by atoms with E-state index in [0.717, 1.165) is 6.42 Å². The van der Waals surface area contributed by atoms with Gasteiger partial charge in [0.25, 0.3) is 0 Å². The van der Waals surface area contributed by atoms with Gasteiger partial charge in [-0.15, -0.1) is 0 Å². The lowest BCUT2D eigenvalue weighted by atomic mass is 9.97. The summed E-state index contributed by atoms with van der Waals surface area (Å²) in [7, 11) is 0. The normalized spacial score (nSPS) is 17.9. The fourth-order valence-corrected chi connectivity index (χ4v) is 2.63. The Balaban J connectivity index is 2.28. The first-order valence-corrected chi connectivity index (χ1v) is 5.27. The standard InChI is InChI=1S/C14H11N/c15-8-7-11-9-12-5-1-3-10-4-2-6-13(11)14(10)12/h1-6,11H,7,9H2. The maximum Gasteiger partial charge on any atom is 0.0628 e. The van der Waals surface area contributed by atoms with Crippen LogP contribution in [0.2, 0.25) is 0 Å². The van der Waals surface area contributed by atoms with E-state index in [1.165, 1.54) is 21.9 Å². The van der Waals surface area contributed by atoms with E-state index < -0.39 is 0 Å². The molecule has 0 aromatic heterocycles. The fraction of sp³-hybridized carbons (Fsp3) is 0.214. The fourth-order valence-electron chi connectivity index (χ4n) is 2.63. The molecule has 0 fully saturated rings. The van der Waals surface area contributed by atoms with E-state index in [9.17, 15) is 0 Å². The van der Waals surface area contributed by atoms with Gasteiger partial charge in [0.1, 0.15) is 0 Å².